The van der Waals surface area contributed by atoms with Gasteiger partial charge in [-0.05, 0) is 49.8 Å². The average Bonchev–Trinajstić information content (AvgIpc) is 2.87. The Morgan fingerprint density at radius 3 is 2.62 bits per heavy atom. The normalized spacial score (nSPS) is 23.0. The van der Waals surface area contributed by atoms with Crippen molar-refractivity contribution in [2.24, 2.45) is 4.99 Å². The largest absolute Gasteiger partial charge is 0.336 e. The summed E-state index contributed by atoms with van der Waals surface area (Å²) in [6.07, 6.45) is 7.57. The van der Waals surface area contributed by atoms with Crippen molar-refractivity contribution in [2.75, 3.05) is 4.90 Å². The van der Waals surface area contributed by atoms with E-state index in [1.54, 1.807) is 11.1 Å². The molecule has 1 aromatic carbocycles. The van der Waals surface area contributed by atoms with E-state index in [1.165, 1.54) is 10.5 Å². The third kappa shape index (κ3) is 2.27. The van der Waals surface area contributed by atoms with E-state index in [2.05, 4.69) is 11.9 Å². The zero-order valence-electron chi connectivity index (χ0n) is 13.9. The molecule has 0 saturated carbocycles. The molecule has 2 heterocycles. The maximum atomic E-state index is 13.0. The Balaban J connectivity index is 1.67. The molecule has 3 aliphatic rings. The van der Waals surface area contributed by atoms with Gasteiger partial charge in [0.2, 0.25) is 0 Å². The minimum Gasteiger partial charge on any atom is -0.278 e. The molecular weight excluding hydrogens is 302 g/mol. The maximum absolute atomic E-state index is 13.0. The van der Waals surface area contributed by atoms with Crippen molar-refractivity contribution in [3.63, 3.8) is 0 Å². The number of rotatable bonds is 3. The molecule has 1 aromatic rings. The van der Waals surface area contributed by atoms with Gasteiger partial charge in [-0.2, -0.15) is 0 Å². The highest BCUT2D eigenvalue weighted by molar-refractivity contribution is 6.27. The van der Waals surface area contributed by atoms with Crippen molar-refractivity contribution < 1.29 is 9.59 Å². The zero-order chi connectivity index (χ0) is 16.7. The van der Waals surface area contributed by atoms with Gasteiger partial charge in [-0.1, -0.05) is 25.5 Å². The molecule has 0 spiro atoms. The van der Waals surface area contributed by atoms with Crippen LogP contribution < -0.4 is 4.90 Å². The topological polar surface area (TPSA) is 53.0 Å². The summed E-state index contributed by atoms with van der Waals surface area (Å²) in [5.74, 6) is -0.205. The number of benzene rings is 1. The summed E-state index contributed by atoms with van der Waals surface area (Å²) in [5, 5.41) is 0. The number of aryl methyl sites for hydroxylation is 1. The molecular formula is C19H21N3O2. The van der Waals surface area contributed by atoms with E-state index in [-0.39, 0.29) is 11.9 Å². The van der Waals surface area contributed by atoms with Crippen LogP contribution in [0.2, 0.25) is 0 Å². The van der Waals surface area contributed by atoms with Crippen LogP contribution in [0.4, 0.5) is 10.5 Å². The van der Waals surface area contributed by atoms with Crippen LogP contribution in [0.5, 0.6) is 0 Å². The van der Waals surface area contributed by atoms with Crippen LogP contribution in [-0.4, -0.2) is 29.1 Å². The van der Waals surface area contributed by atoms with Crippen molar-refractivity contribution in [2.45, 2.75) is 51.5 Å². The van der Waals surface area contributed by atoms with Gasteiger partial charge < -0.3 is 0 Å². The van der Waals surface area contributed by atoms with Crippen LogP contribution in [0.3, 0.4) is 0 Å². The Kier molecular flexibility index (Phi) is 3.71. The van der Waals surface area contributed by atoms with E-state index >= 15 is 0 Å². The molecule has 1 saturated heterocycles. The predicted octanol–water partition coefficient (Wildman–Crippen LogP) is 3.65. The number of hydrogen-bond donors (Lipinski definition) is 0. The first kappa shape index (κ1) is 15.1. The van der Waals surface area contributed by atoms with E-state index in [4.69, 9.17) is 0 Å². The fourth-order valence-corrected chi connectivity index (χ4v) is 3.75. The van der Waals surface area contributed by atoms with Gasteiger partial charge in [0.05, 0.1) is 11.4 Å². The smallest absolute Gasteiger partial charge is 0.278 e. The molecule has 5 heteroatoms. The third-order valence-electron chi connectivity index (χ3n) is 4.95. The molecule has 2 aliphatic heterocycles. The number of hydrogen-bond acceptors (Lipinski definition) is 3. The SMILES string of the molecule is CCCc1ccc(N2C(=O)C3C=NC4=C(CCCC4)N3C2=O)cc1. The van der Waals surface area contributed by atoms with E-state index in [0.29, 0.717) is 5.69 Å². The molecule has 0 aromatic heterocycles. The summed E-state index contributed by atoms with van der Waals surface area (Å²) < 4.78 is 0. The van der Waals surface area contributed by atoms with Crippen LogP contribution in [-0.2, 0) is 11.2 Å². The van der Waals surface area contributed by atoms with E-state index in [0.717, 1.165) is 49.9 Å². The van der Waals surface area contributed by atoms with Gasteiger partial charge in [-0.3, -0.25) is 14.7 Å². The first-order valence-corrected chi connectivity index (χ1v) is 8.73. The van der Waals surface area contributed by atoms with Crippen LogP contribution in [0, 0.1) is 0 Å². The second kappa shape index (κ2) is 5.89. The Morgan fingerprint density at radius 1 is 1.12 bits per heavy atom. The van der Waals surface area contributed by atoms with Crippen LogP contribution in [0.1, 0.15) is 44.6 Å². The second-order valence-electron chi connectivity index (χ2n) is 6.57. The lowest BCUT2D eigenvalue weighted by Crippen LogP contribution is -2.39. The Hall–Kier alpha value is -2.43. The summed E-state index contributed by atoms with van der Waals surface area (Å²) in [6.45, 7) is 2.13. The van der Waals surface area contributed by atoms with Gasteiger partial charge in [0, 0.05) is 11.9 Å². The summed E-state index contributed by atoms with van der Waals surface area (Å²) >= 11 is 0. The van der Waals surface area contributed by atoms with Gasteiger partial charge in [0.15, 0.2) is 6.04 Å². The highest BCUT2D eigenvalue weighted by Crippen LogP contribution is 2.37. The minimum absolute atomic E-state index is 0.205. The average molecular weight is 323 g/mol. The fraction of sp³-hybridized carbons (Fsp3) is 0.421. The molecule has 0 bridgehead atoms. The number of allylic oxidation sites excluding steroid dienone is 2. The molecule has 124 valence electrons. The molecule has 0 N–H and O–H groups in total. The van der Waals surface area contributed by atoms with Crippen LogP contribution in [0.15, 0.2) is 40.7 Å². The molecule has 24 heavy (non-hydrogen) atoms. The first-order chi connectivity index (χ1) is 11.7. The van der Waals surface area contributed by atoms with Gasteiger partial charge in [-0.15, -0.1) is 0 Å². The lowest BCUT2D eigenvalue weighted by atomic mass is 9.98. The van der Waals surface area contributed by atoms with Gasteiger partial charge in [0.1, 0.15) is 0 Å². The standard InChI is InChI=1S/C19H21N3O2/c1-2-5-13-8-10-14(11-9-13)21-18(23)17-12-20-15-6-3-4-7-16(15)22(17)19(21)24/h8-12,17H,2-7H2,1H3. The van der Waals surface area contributed by atoms with Gasteiger partial charge in [-0.25, -0.2) is 9.69 Å². The number of nitrogens with zero attached hydrogens (tertiary/aromatic N) is 3. The number of urea groups is 1. The Bertz CT molecular complexity index is 748. The van der Waals surface area contributed by atoms with E-state index in [9.17, 15) is 9.59 Å². The fourth-order valence-electron chi connectivity index (χ4n) is 3.75. The van der Waals surface area contributed by atoms with Crippen LogP contribution in [0.25, 0.3) is 0 Å². The minimum atomic E-state index is -0.579. The molecule has 3 amide bonds. The summed E-state index contributed by atoms with van der Waals surface area (Å²) in [5.41, 5.74) is 3.78. The van der Waals surface area contributed by atoms with Crippen molar-refractivity contribution in [1.82, 2.24) is 4.90 Å². The lowest BCUT2D eigenvalue weighted by molar-refractivity contribution is -0.117. The number of imide groups is 1. The molecule has 0 radical (unpaired) electrons. The highest BCUT2D eigenvalue weighted by Gasteiger charge is 2.48. The van der Waals surface area contributed by atoms with E-state index < -0.39 is 6.04 Å². The molecule has 1 fully saturated rings. The third-order valence-corrected chi connectivity index (χ3v) is 4.95. The predicted molar refractivity (Wildman–Crippen MR) is 92.9 cm³/mol. The number of anilines is 1. The van der Waals surface area contributed by atoms with Crippen molar-refractivity contribution >= 4 is 23.8 Å². The van der Waals surface area contributed by atoms with Crippen LogP contribution >= 0.6 is 0 Å². The molecule has 5 nitrogen and oxygen atoms in total. The first-order valence-electron chi connectivity index (χ1n) is 8.73. The second-order valence-corrected chi connectivity index (χ2v) is 6.57. The molecule has 4 rings (SSSR count). The maximum Gasteiger partial charge on any atom is 0.336 e. The molecule has 1 atom stereocenters. The Labute approximate surface area is 141 Å². The molecule has 1 aliphatic carbocycles. The lowest BCUT2D eigenvalue weighted by Gasteiger charge is -2.30. The summed E-state index contributed by atoms with van der Waals surface area (Å²) in [4.78, 5) is 33.2. The number of carbonyl (C=O) groups is 2. The number of aliphatic imine (C=N–C) groups is 1. The summed E-state index contributed by atoms with van der Waals surface area (Å²) in [6, 6.07) is 6.91. The number of amides is 3. The van der Waals surface area contributed by atoms with Crippen molar-refractivity contribution in [3.05, 3.63) is 41.2 Å². The zero-order valence-corrected chi connectivity index (χ0v) is 13.9. The number of fused-ring (bicyclic) bond motifs is 2. The van der Waals surface area contributed by atoms with Crippen molar-refractivity contribution in [3.8, 4) is 0 Å². The van der Waals surface area contributed by atoms with Gasteiger partial charge >= 0.3 is 6.03 Å². The monoisotopic (exact) mass is 323 g/mol. The Morgan fingerprint density at radius 2 is 1.88 bits per heavy atom. The van der Waals surface area contributed by atoms with Crippen molar-refractivity contribution in [1.29, 1.82) is 0 Å². The number of carbonyl (C=O) groups excluding carboxylic acids is 2. The van der Waals surface area contributed by atoms with Gasteiger partial charge in [0.25, 0.3) is 5.91 Å². The highest BCUT2D eigenvalue weighted by atomic mass is 16.2. The quantitative estimate of drug-likeness (QED) is 0.797. The van der Waals surface area contributed by atoms with E-state index in [1.807, 2.05) is 24.3 Å². The summed E-state index contributed by atoms with van der Waals surface area (Å²) in [7, 11) is 0. The molecule has 1 unspecified atom stereocenters.